The molecule has 3 fully saturated rings. The van der Waals surface area contributed by atoms with Gasteiger partial charge in [0.1, 0.15) is 5.75 Å². The number of aromatic nitrogens is 1. The number of hydrogen-bond donors (Lipinski definition) is 2. The minimum absolute atomic E-state index is 0.0400. The number of nitrogens with one attached hydrogen (secondary N) is 2. The van der Waals surface area contributed by atoms with Gasteiger partial charge in [0.05, 0.1) is 27.5 Å². The number of thiazole rings is 1. The number of hydrogen-bond acceptors (Lipinski definition) is 9. The number of nitro groups is 1. The van der Waals surface area contributed by atoms with Gasteiger partial charge >= 0.3 is 4.87 Å². The lowest BCUT2D eigenvalue weighted by atomic mass is 9.68. The maximum atomic E-state index is 14.1. The van der Waals surface area contributed by atoms with Crippen LogP contribution in [0.3, 0.4) is 0 Å². The Labute approximate surface area is 292 Å². The normalized spacial score (nSPS) is 26.1. The number of para-hydroxylation sites is 1. The highest BCUT2D eigenvalue weighted by Gasteiger charge is 2.69. The van der Waals surface area contributed by atoms with E-state index in [1.54, 1.807) is 11.8 Å². The summed E-state index contributed by atoms with van der Waals surface area (Å²) < 4.78 is 6.21. The molecule has 11 nitrogen and oxygen atoms in total. The van der Waals surface area contributed by atoms with Crippen molar-refractivity contribution in [3.8, 4) is 5.75 Å². The number of nitro benzene ring substituents is 1. The van der Waals surface area contributed by atoms with E-state index in [-0.39, 0.29) is 63.8 Å². The van der Waals surface area contributed by atoms with Crippen molar-refractivity contribution in [1.82, 2.24) is 4.98 Å². The van der Waals surface area contributed by atoms with Crippen LogP contribution in [0, 0.1) is 39.7 Å². The third-order valence-corrected chi connectivity index (χ3v) is 13.3. The molecular weight excluding hydrogens is 677 g/mol. The van der Waals surface area contributed by atoms with E-state index < -0.39 is 16.8 Å². The van der Waals surface area contributed by atoms with E-state index in [0.717, 1.165) is 37.6 Å². The second-order valence-electron chi connectivity index (χ2n) is 13.2. The number of benzene rings is 4. The van der Waals surface area contributed by atoms with Crippen molar-refractivity contribution in [3.63, 3.8) is 0 Å². The summed E-state index contributed by atoms with van der Waals surface area (Å²) in [5.74, 6) is -2.01. The number of carbonyl (C=O) groups excluding carboxylic acids is 3. The molecule has 2 aliphatic carbocycles. The largest absolute Gasteiger partial charge is 0.483 e. The van der Waals surface area contributed by atoms with E-state index in [2.05, 4.69) is 10.3 Å². The molecule has 4 aliphatic rings. The smallest absolute Gasteiger partial charge is 0.305 e. The molecular formula is C37H28N4O7S2. The highest BCUT2D eigenvalue weighted by atomic mass is 32.2. The molecule has 3 heterocycles. The van der Waals surface area contributed by atoms with Crippen LogP contribution in [0.4, 0.5) is 17.1 Å². The summed E-state index contributed by atoms with van der Waals surface area (Å²) in [7, 11) is 0. The SMILES string of the molecule is O=C(COc1ccccc1[C@H]1c2sc(=O)[nH]c2SC2C3CC(C4C(=O)N(c5ccc([N+](=O)[O-])cc5)C(=O)C34)C21)Nc1ccc2ccccc2c1. The first-order valence-corrected chi connectivity index (χ1v) is 18.0. The molecule has 2 bridgehead atoms. The zero-order chi connectivity index (χ0) is 34.3. The van der Waals surface area contributed by atoms with E-state index in [1.807, 2.05) is 66.7 Å². The predicted molar refractivity (Wildman–Crippen MR) is 189 cm³/mol. The van der Waals surface area contributed by atoms with Gasteiger partial charge in [-0.25, -0.2) is 0 Å². The fourth-order valence-corrected chi connectivity index (χ4v) is 11.7. The Balaban J connectivity index is 1.01. The summed E-state index contributed by atoms with van der Waals surface area (Å²) in [6.07, 6.45) is 0.704. The lowest BCUT2D eigenvalue weighted by Gasteiger charge is -2.43. The number of non-ortho nitro benzene ring substituents is 1. The molecule has 7 atom stereocenters. The summed E-state index contributed by atoms with van der Waals surface area (Å²) in [6.45, 7) is -0.233. The van der Waals surface area contributed by atoms with Crippen molar-refractivity contribution in [2.24, 2.45) is 29.6 Å². The van der Waals surface area contributed by atoms with E-state index >= 15 is 0 Å². The van der Waals surface area contributed by atoms with Gasteiger partial charge in [-0.15, -0.1) is 11.8 Å². The highest BCUT2D eigenvalue weighted by molar-refractivity contribution is 8.00. The molecule has 0 spiro atoms. The van der Waals surface area contributed by atoms with Gasteiger partial charge in [0.25, 0.3) is 11.6 Å². The van der Waals surface area contributed by atoms with Gasteiger partial charge in [0.2, 0.25) is 11.8 Å². The van der Waals surface area contributed by atoms with Crippen LogP contribution in [-0.4, -0.2) is 39.5 Å². The lowest BCUT2D eigenvalue weighted by Crippen LogP contribution is -2.42. The number of anilines is 2. The van der Waals surface area contributed by atoms with Crippen molar-refractivity contribution >= 4 is 68.7 Å². The van der Waals surface area contributed by atoms with Gasteiger partial charge in [0, 0.05) is 39.4 Å². The molecule has 9 rings (SSSR count). The summed E-state index contributed by atoms with van der Waals surface area (Å²) in [6, 6.07) is 26.6. The van der Waals surface area contributed by atoms with Crippen molar-refractivity contribution < 1.29 is 24.0 Å². The standard InChI is InChI=1S/C37H28N4O7S2/c42-27(38-20-10-9-18-5-1-2-6-19(18)15-20)17-48-26-8-4-3-7-23(26)28-29-24-16-25(32(29)49-34-33(28)50-37(45)39-34)31-30(24)35(43)40(36(31)44)21-11-13-22(14-12-21)41(46)47/h1-15,24-25,28-32H,16-17H2,(H,38,42)(H,39,45)/t24?,25?,28-,29?,30?,31?,32?/m1/s1. The third kappa shape index (κ3) is 4.78. The molecule has 250 valence electrons. The highest BCUT2D eigenvalue weighted by Crippen LogP contribution is 2.69. The van der Waals surface area contributed by atoms with E-state index in [4.69, 9.17) is 4.74 Å². The Hall–Kier alpha value is -5.27. The molecule has 5 aromatic rings. The molecule has 0 radical (unpaired) electrons. The monoisotopic (exact) mass is 704 g/mol. The molecule has 2 aliphatic heterocycles. The first kappa shape index (κ1) is 30.8. The summed E-state index contributed by atoms with van der Waals surface area (Å²) >= 11 is 2.73. The number of aromatic amines is 1. The second kappa shape index (κ2) is 11.7. The number of amides is 3. The van der Waals surface area contributed by atoms with E-state index in [9.17, 15) is 29.3 Å². The van der Waals surface area contributed by atoms with Crippen LogP contribution < -0.4 is 19.8 Å². The van der Waals surface area contributed by atoms with Crippen molar-refractivity contribution in [2.45, 2.75) is 22.6 Å². The molecule has 1 saturated heterocycles. The van der Waals surface area contributed by atoms with Crippen LogP contribution in [0.5, 0.6) is 5.75 Å². The zero-order valence-electron chi connectivity index (χ0n) is 26.2. The maximum absolute atomic E-state index is 14.1. The number of H-pyrrole nitrogens is 1. The molecule has 50 heavy (non-hydrogen) atoms. The number of rotatable bonds is 7. The second-order valence-corrected chi connectivity index (χ2v) is 15.4. The van der Waals surface area contributed by atoms with Gasteiger partial charge in [-0.1, -0.05) is 59.9 Å². The Morgan fingerprint density at radius 3 is 2.42 bits per heavy atom. The first-order valence-electron chi connectivity index (χ1n) is 16.3. The number of imide groups is 1. The average Bonchev–Trinajstić information content (AvgIpc) is 3.86. The average molecular weight is 705 g/mol. The summed E-state index contributed by atoms with van der Waals surface area (Å²) in [5.41, 5.74) is 1.70. The Bertz CT molecular complexity index is 2300. The fraction of sp³-hybridized carbons (Fsp3) is 0.243. The molecule has 6 unspecified atom stereocenters. The minimum Gasteiger partial charge on any atom is -0.483 e. The number of carbonyl (C=O) groups is 3. The predicted octanol–water partition coefficient (Wildman–Crippen LogP) is 6.19. The minimum atomic E-state index is -0.537. The van der Waals surface area contributed by atoms with Crippen LogP contribution in [0.25, 0.3) is 10.8 Å². The van der Waals surface area contributed by atoms with Crippen LogP contribution in [0.2, 0.25) is 0 Å². The molecule has 3 amide bonds. The summed E-state index contributed by atoms with van der Waals surface area (Å²) in [5, 5.41) is 16.9. The van der Waals surface area contributed by atoms with Gasteiger partial charge in [-0.2, -0.15) is 0 Å². The topological polar surface area (TPSA) is 152 Å². The van der Waals surface area contributed by atoms with Gasteiger partial charge < -0.3 is 15.0 Å². The molecule has 13 heteroatoms. The van der Waals surface area contributed by atoms with Crippen molar-refractivity contribution in [1.29, 1.82) is 0 Å². The number of ether oxygens (including phenoxy) is 1. The number of fused-ring (bicyclic) bond motifs is 10. The molecule has 2 saturated carbocycles. The van der Waals surface area contributed by atoms with Gasteiger partial charge in [-0.3, -0.25) is 34.2 Å². The van der Waals surface area contributed by atoms with Crippen LogP contribution in [-0.2, 0) is 14.4 Å². The zero-order valence-corrected chi connectivity index (χ0v) is 27.8. The van der Waals surface area contributed by atoms with Gasteiger partial charge in [-0.05, 0) is 65.3 Å². The Morgan fingerprint density at radius 2 is 1.64 bits per heavy atom. The molecule has 1 aromatic heterocycles. The van der Waals surface area contributed by atoms with Crippen molar-refractivity contribution in [3.05, 3.63) is 121 Å². The van der Waals surface area contributed by atoms with Gasteiger partial charge in [0.15, 0.2) is 6.61 Å². The lowest BCUT2D eigenvalue weighted by molar-refractivity contribution is -0.384. The molecule has 4 aromatic carbocycles. The number of nitrogens with zero attached hydrogens (tertiary/aromatic N) is 2. The fourth-order valence-electron chi connectivity index (χ4n) is 8.82. The van der Waals surface area contributed by atoms with Crippen LogP contribution in [0.1, 0.15) is 22.8 Å². The Kier molecular flexibility index (Phi) is 7.18. The first-order chi connectivity index (χ1) is 24.3. The quantitative estimate of drug-likeness (QED) is 0.116. The maximum Gasteiger partial charge on any atom is 0.305 e. The number of thioether (sulfide) groups is 1. The third-order valence-electron chi connectivity index (χ3n) is 10.7. The molecule has 2 N–H and O–H groups in total. The summed E-state index contributed by atoms with van der Waals surface area (Å²) in [4.78, 5) is 69.5. The van der Waals surface area contributed by atoms with E-state index in [1.165, 1.54) is 29.2 Å². The van der Waals surface area contributed by atoms with Crippen molar-refractivity contribution in [2.75, 3.05) is 16.8 Å². The van der Waals surface area contributed by atoms with E-state index in [0.29, 0.717) is 23.5 Å². The van der Waals surface area contributed by atoms with Crippen LogP contribution in [0.15, 0.2) is 101 Å². The van der Waals surface area contributed by atoms with Crippen LogP contribution >= 0.6 is 23.1 Å². The Morgan fingerprint density at radius 1 is 0.920 bits per heavy atom.